The standard InChI is InChI=1S/C20H26N4O/c1-15(2)20(25)23-19-11-8-17(14-21-19)22-16-6-9-18(10-7-16)24-12-4-3-5-13-24/h6-11,14-15,22H,3-5,12-13H2,1-2H3,(H,21,23,25). The van der Waals surface area contributed by atoms with Gasteiger partial charge in [0.15, 0.2) is 0 Å². The second kappa shape index (κ2) is 8.01. The van der Waals surface area contributed by atoms with Crippen molar-refractivity contribution in [1.82, 2.24) is 4.98 Å². The molecule has 132 valence electrons. The Kier molecular flexibility index (Phi) is 5.53. The third-order valence-electron chi connectivity index (χ3n) is 4.42. The molecule has 3 rings (SSSR count). The van der Waals surface area contributed by atoms with E-state index >= 15 is 0 Å². The van der Waals surface area contributed by atoms with Crippen molar-refractivity contribution >= 4 is 28.8 Å². The van der Waals surface area contributed by atoms with Gasteiger partial charge in [-0.3, -0.25) is 4.79 Å². The SMILES string of the molecule is CC(C)C(=O)Nc1ccc(Nc2ccc(N3CCCCC3)cc2)cn1. The Morgan fingerprint density at radius 1 is 1.00 bits per heavy atom. The maximum atomic E-state index is 11.7. The summed E-state index contributed by atoms with van der Waals surface area (Å²) in [5.41, 5.74) is 3.21. The molecule has 25 heavy (non-hydrogen) atoms. The summed E-state index contributed by atoms with van der Waals surface area (Å²) in [4.78, 5) is 18.4. The van der Waals surface area contributed by atoms with Crippen molar-refractivity contribution in [3.05, 3.63) is 42.6 Å². The van der Waals surface area contributed by atoms with Crippen LogP contribution in [-0.2, 0) is 4.79 Å². The van der Waals surface area contributed by atoms with Gasteiger partial charge < -0.3 is 15.5 Å². The third-order valence-corrected chi connectivity index (χ3v) is 4.42. The highest BCUT2D eigenvalue weighted by Gasteiger charge is 2.10. The summed E-state index contributed by atoms with van der Waals surface area (Å²) in [7, 11) is 0. The first-order valence-corrected chi connectivity index (χ1v) is 9.01. The number of carbonyl (C=O) groups is 1. The molecule has 2 aromatic rings. The Morgan fingerprint density at radius 3 is 2.28 bits per heavy atom. The second-order valence-electron chi connectivity index (χ2n) is 6.80. The number of amides is 1. The molecular weight excluding hydrogens is 312 g/mol. The van der Waals surface area contributed by atoms with Gasteiger partial charge in [0, 0.05) is 30.4 Å². The fourth-order valence-corrected chi connectivity index (χ4v) is 2.89. The number of anilines is 4. The van der Waals surface area contributed by atoms with Gasteiger partial charge in [-0.25, -0.2) is 4.98 Å². The van der Waals surface area contributed by atoms with Gasteiger partial charge in [-0.1, -0.05) is 13.8 Å². The zero-order chi connectivity index (χ0) is 17.6. The van der Waals surface area contributed by atoms with E-state index in [1.807, 2.05) is 26.0 Å². The summed E-state index contributed by atoms with van der Waals surface area (Å²) in [6.07, 6.45) is 5.64. The van der Waals surface area contributed by atoms with Crippen LogP contribution in [0.5, 0.6) is 0 Å². The molecule has 1 aromatic carbocycles. The lowest BCUT2D eigenvalue weighted by Crippen LogP contribution is -2.29. The number of piperidine rings is 1. The molecule has 1 amide bonds. The average molecular weight is 338 g/mol. The van der Waals surface area contributed by atoms with E-state index in [0.29, 0.717) is 5.82 Å². The molecule has 1 saturated heterocycles. The Bertz CT molecular complexity index is 689. The molecule has 5 nitrogen and oxygen atoms in total. The molecule has 0 atom stereocenters. The van der Waals surface area contributed by atoms with E-state index in [1.54, 1.807) is 6.20 Å². The lowest BCUT2D eigenvalue weighted by molar-refractivity contribution is -0.118. The highest BCUT2D eigenvalue weighted by molar-refractivity contribution is 5.91. The molecule has 1 aliphatic heterocycles. The van der Waals surface area contributed by atoms with Gasteiger partial charge in [0.1, 0.15) is 5.82 Å². The Balaban J connectivity index is 1.59. The van der Waals surface area contributed by atoms with Gasteiger partial charge in [-0.15, -0.1) is 0 Å². The van der Waals surface area contributed by atoms with Crippen molar-refractivity contribution < 1.29 is 4.79 Å². The van der Waals surface area contributed by atoms with E-state index in [2.05, 4.69) is 44.8 Å². The Hall–Kier alpha value is -2.56. The lowest BCUT2D eigenvalue weighted by Gasteiger charge is -2.28. The summed E-state index contributed by atoms with van der Waals surface area (Å²) >= 11 is 0. The zero-order valence-electron chi connectivity index (χ0n) is 15.0. The lowest BCUT2D eigenvalue weighted by atomic mass is 10.1. The summed E-state index contributed by atoms with van der Waals surface area (Å²) in [6.45, 7) is 6.03. The molecule has 0 saturated carbocycles. The maximum Gasteiger partial charge on any atom is 0.228 e. The smallest absolute Gasteiger partial charge is 0.228 e. The van der Waals surface area contributed by atoms with Crippen LogP contribution in [0, 0.1) is 5.92 Å². The highest BCUT2D eigenvalue weighted by atomic mass is 16.1. The molecule has 2 N–H and O–H groups in total. The third kappa shape index (κ3) is 4.72. The van der Waals surface area contributed by atoms with Crippen LogP contribution in [0.1, 0.15) is 33.1 Å². The summed E-state index contributed by atoms with van der Waals surface area (Å²) in [5, 5.41) is 6.14. The van der Waals surface area contributed by atoms with E-state index in [0.717, 1.165) is 24.5 Å². The van der Waals surface area contributed by atoms with Crippen LogP contribution in [-0.4, -0.2) is 24.0 Å². The molecule has 0 bridgehead atoms. The van der Waals surface area contributed by atoms with Crippen LogP contribution in [0.25, 0.3) is 0 Å². The van der Waals surface area contributed by atoms with Gasteiger partial charge >= 0.3 is 0 Å². The van der Waals surface area contributed by atoms with Gasteiger partial charge in [0.2, 0.25) is 5.91 Å². The van der Waals surface area contributed by atoms with Gasteiger partial charge in [0.25, 0.3) is 0 Å². The summed E-state index contributed by atoms with van der Waals surface area (Å²) < 4.78 is 0. The first-order valence-electron chi connectivity index (χ1n) is 9.01. The van der Waals surface area contributed by atoms with Crippen LogP contribution in [0.2, 0.25) is 0 Å². The Morgan fingerprint density at radius 2 is 1.68 bits per heavy atom. The highest BCUT2D eigenvalue weighted by Crippen LogP contribution is 2.23. The van der Waals surface area contributed by atoms with Gasteiger partial charge in [-0.2, -0.15) is 0 Å². The number of nitrogens with one attached hydrogen (secondary N) is 2. The van der Waals surface area contributed by atoms with Crippen molar-refractivity contribution in [3.63, 3.8) is 0 Å². The molecule has 1 aliphatic rings. The number of benzene rings is 1. The largest absolute Gasteiger partial charge is 0.372 e. The number of pyridine rings is 1. The summed E-state index contributed by atoms with van der Waals surface area (Å²) in [6, 6.07) is 12.2. The van der Waals surface area contributed by atoms with E-state index < -0.39 is 0 Å². The fraction of sp³-hybridized carbons (Fsp3) is 0.400. The molecular formula is C20H26N4O. The first-order chi connectivity index (χ1) is 12.1. The number of nitrogens with zero attached hydrogens (tertiary/aromatic N) is 2. The topological polar surface area (TPSA) is 57.3 Å². The van der Waals surface area contributed by atoms with E-state index in [9.17, 15) is 4.79 Å². The molecule has 1 fully saturated rings. The minimum Gasteiger partial charge on any atom is -0.372 e. The summed E-state index contributed by atoms with van der Waals surface area (Å²) in [5.74, 6) is 0.490. The first kappa shape index (κ1) is 17.3. The quantitative estimate of drug-likeness (QED) is 0.848. The average Bonchev–Trinajstić information content (AvgIpc) is 2.64. The molecule has 1 aromatic heterocycles. The maximum absolute atomic E-state index is 11.7. The molecule has 0 radical (unpaired) electrons. The van der Waals surface area contributed by atoms with Crippen LogP contribution in [0.15, 0.2) is 42.6 Å². The van der Waals surface area contributed by atoms with Crippen molar-refractivity contribution in [3.8, 4) is 0 Å². The van der Waals surface area contributed by atoms with Gasteiger partial charge in [-0.05, 0) is 55.7 Å². The Labute approximate surface area is 149 Å². The minimum absolute atomic E-state index is 0.0264. The predicted octanol–water partition coefficient (Wildman–Crippen LogP) is 4.41. The monoisotopic (exact) mass is 338 g/mol. The van der Waals surface area contributed by atoms with Crippen LogP contribution in [0.3, 0.4) is 0 Å². The van der Waals surface area contributed by atoms with Crippen LogP contribution < -0.4 is 15.5 Å². The van der Waals surface area contributed by atoms with E-state index in [4.69, 9.17) is 0 Å². The predicted molar refractivity (Wildman–Crippen MR) is 103 cm³/mol. The van der Waals surface area contributed by atoms with Crippen molar-refractivity contribution in [2.24, 2.45) is 5.92 Å². The second-order valence-corrected chi connectivity index (χ2v) is 6.80. The van der Waals surface area contributed by atoms with Crippen molar-refractivity contribution in [1.29, 1.82) is 0 Å². The van der Waals surface area contributed by atoms with Crippen molar-refractivity contribution in [2.45, 2.75) is 33.1 Å². The van der Waals surface area contributed by atoms with Crippen molar-refractivity contribution in [2.75, 3.05) is 28.6 Å². The van der Waals surface area contributed by atoms with Gasteiger partial charge in [0.05, 0.1) is 11.9 Å². The molecule has 2 heterocycles. The number of carbonyl (C=O) groups excluding carboxylic acids is 1. The van der Waals surface area contributed by atoms with Crippen LogP contribution in [0.4, 0.5) is 22.9 Å². The molecule has 0 unspecified atom stereocenters. The minimum atomic E-state index is -0.0574. The number of rotatable bonds is 5. The molecule has 5 heteroatoms. The normalized spacial score (nSPS) is 14.4. The zero-order valence-corrected chi connectivity index (χ0v) is 15.0. The van der Waals surface area contributed by atoms with E-state index in [-0.39, 0.29) is 11.8 Å². The number of hydrogen-bond donors (Lipinski definition) is 2. The number of hydrogen-bond acceptors (Lipinski definition) is 4. The molecule has 0 spiro atoms. The van der Waals surface area contributed by atoms with E-state index in [1.165, 1.54) is 24.9 Å². The number of aromatic nitrogens is 1. The van der Waals surface area contributed by atoms with Crippen LogP contribution >= 0.6 is 0 Å². The fourth-order valence-electron chi connectivity index (χ4n) is 2.89. The molecule has 0 aliphatic carbocycles.